The number of carbonyl (C=O) groups excluding carboxylic acids is 2. The summed E-state index contributed by atoms with van der Waals surface area (Å²) in [5.74, 6) is -1.62. The molecule has 0 radical (unpaired) electrons. The van der Waals surface area contributed by atoms with Crippen LogP contribution in [0.25, 0.3) is 0 Å². The number of hydrogen-bond donors (Lipinski definition) is 2. The smallest absolute Gasteiger partial charge is 0.414 e. The lowest BCUT2D eigenvalue weighted by molar-refractivity contribution is -0.140. The standard InChI is InChI=1S/C21H35N3O6/c1-7-21(8-2)12-16(25)24(18(23-21)22-19(28)30-20(3,4)5)15(9-10-29-6)13-11-14(13)17(26)27/h13-15H,7-12H2,1-6H3,(H,26,27)(H,22,23,28)/t13-,14-,15-/m1/s1. The van der Waals surface area contributed by atoms with Gasteiger partial charge in [-0.25, -0.2) is 9.79 Å². The summed E-state index contributed by atoms with van der Waals surface area (Å²) in [5.41, 5.74) is -1.30. The molecule has 3 atom stereocenters. The third-order valence-electron chi connectivity index (χ3n) is 5.85. The molecule has 30 heavy (non-hydrogen) atoms. The van der Waals surface area contributed by atoms with Crippen molar-refractivity contribution in [2.24, 2.45) is 16.8 Å². The second-order valence-corrected chi connectivity index (χ2v) is 9.13. The second kappa shape index (κ2) is 9.32. The summed E-state index contributed by atoms with van der Waals surface area (Å²) >= 11 is 0. The van der Waals surface area contributed by atoms with Gasteiger partial charge in [0.15, 0.2) is 0 Å². The van der Waals surface area contributed by atoms with E-state index in [2.05, 4.69) is 5.32 Å². The number of amides is 2. The second-order valence-electron chi connectivity index (χ2n) is 9.13. The minimum absolute atomic E-state index is 0.140. The average molecular weight is 426 g/mol. The first kappa shape index (κ1) is 24.1. The molecule has 1 fully saturated rings. The van der Waals surface area contributed by atoms with Crippen molar-refractivity contribution in [1.82, 2.24) is 10.2 Å². The Morgan fingerprint density at radius 1 is 1.33 bits per heavy atom. The van der Waals surface area contributed by atoms with Crippen molar-refractivity contribution in [2.75, 3.05) is 13.7 Å². The zero-order valence-electron chi connectivity index (χ0n) is 18.9. The quantitative estimate of drug-likeness (QED) is 0.617. The number of aliphatic carboxylic acids is 1. The lowest BCUT2D eigenvalue weighted by Gasteiger charge is -2.41. The number of carbonyl (C=O) groups is 3. The van der Waals surface area contributed by atoms with Crippen molar-refractivity contribution in [1.29, 1.82) is 0 Å². The summed E-state index contributed by atoms with van der Waals surface area (Å²) in [6, 6.07) is -0.418. The van der Waals surface area contributed by atoms with Crippen LogP contribution in [0.5, 0.6) is 0 Å². The SMILES string of the molecule is CCC1(CC)CC(=O)N([C@H](CCOC)[C@@H]2C[C@H]2C(=O)O)C(NC(=O)OC(C)(C)C)=N1. The molecule has 1 aliphatic carbocycles. The number of ether oxygens (including phenoxy) is 2. The molecule has 0 unspecified atom stereocenters. The Bertz CT molecular complexity index is 695. The lowest BCUT2D eigenvalue weighted by Crippen LogP contribution is -2.59. The van der Waals surface area contributed by atoms with Gasteiger partial charge in [0.25, 0.3) is 0 Å². The van der Waals surface area contributed by atoms with Crippen molar-refractivity contribution in [3.63, 3.8) is 0 Å². The molecule has 0 aromatic rings. The van der Waals surface area contributed by atoms with Crippen molar-refractivity contribution in [3.05, 3.63) is 0 Å². The molecule has 1 heterocycles. The largest absolute Gasteiger partial charge is 0.481 e. The summed E-state index contributed by atoms with van der Waals surface area (Å²) in [4.78, 5) is 43.5. The summed E-state index contributed by atoms with van der Waals surface area (Å²) in [6.07, 6.45) is 1.75. The number of rotatable bonds is 8. The van der Waals surface area contributed by atoms with Crippen molar-refractivity contribution in [3.8, 4) is 0 Å². The Labute approximate surface area is 178 Å². The highest BCUT2D eigenvalue weighted by Crippen LogP contribution is 2.45. The fourth-order valence-corrected chi connectivity index (χ4v) is 3.98. The van der Waals surface area contributed by atoms with Gasteiger partial charge in [-0.2, -0.15) is 0 Å². The van der Waals surface area contributed by atoms with E-state index in [0.717, 1.165) is 0 Å². The molecule has 2 amide bonds. The topological polar surface area (TPSA) is 118 Å². The summed E-state index contributed by atoms with van der Waals surface area (Å²) in [6.45, 7) is 9.55. The molecule has 2 aliphatic rings. The van der Waals surface area contributed by atoms with Gasteiger partial charge in [-0.3, -0.25) is 19.8 Å². The van der Waals surface area contributed by atoms with Crippen LogP contribution in [0.2, 0.25) is 0 Å². The third-order valence-corrected chi connectivity index (χ3v) is 5.85. The number of carboxylic acid groups (broad SMARTS) is 1. The molecule has 0 saturated heterocycles. The molecule has 1 saturated carbocycles. The highest BCUT2D eigenvalue weighted by atomic mass is 16.6. The first-order valence-electron chi connectivity index (χ1n) is 10.6. The van der Waals surface area contributed by atoms with E-state index >= 15 is 0 Å². The molecule has 2 N–H and O–H groups in total. The predicted molar refractivity (Wildman–Crippen MR) is 111 cm³/mol. The fourth-order valence-electron chi connectivity index (χ4n) is 3.98. The first-order chi connectivity index (χ1) is 14.0. The van der Waals surface area contributed by atoms with E-state index in [-0.39, 0.29) is 24.2 Å². The number of carboxylic acids is 1. The normalized spacial score (nSPS) is 24.1. The van der Waals surface area contributed by atoms with E-state index in [1.54, 1.807) is 27.9 Å². The van der Waals surface area contributed by atoms with Crippen LogP contribution >= 0.6 is 0 Å². The van der Waals surface area contributed by atoms with Gasteiger partial charge in [0.1, 0.15) is 5.60 Å². The van der Waals surface area contributed by atoms with Crippen LogP contribution in [-0.2, 0) is 19.1 Å². The number of methoxy groups -OCH3 is 1. The van der Waals surface area contributed by atoms with Gasteiger partial charge in [-0.15, -0.1) is 0 Å². The number of nitrogens with zero attached hydrogens (tertiary/aromatic N) is 2. The molecule has 0 aromatic heterocycles. The molecule has 2 rings (SSSR count). The maximum Gasteiger partial charge on any atom is 0.414 e. The van der Waals surface area contributed by atoms with E-state index in [9.17, 15) is 19.5 Å². The minimum Gasteiger partial charge on any atom is -0.481 e. The zero-order chi connectivity index (χ0) is 22.7. The Kier molecular flexibility index (Phi) is 7.49. The van der Waals surface area contributed by atoms with Crippen molar-refractivity contribution in [2.45, 2.75) is 83.9 Å². The molecule has 0 spiro atoms. The van der Waals surface area contributed by atoms with Crippen LogP contribution in [0, 0.1) is 11.8 Å². The van der Waals surface area contributed by atoms with E-state index in [4.69, 9.17) is 14.5 Å². The number of guanidine groups is 1. The van der Waals surface area contributed by atoms with Gasteiger partial charge >= 0.3 is 12.1 Å². The van der Waals surface area contributed by atoms with Gasteiger partial charge < -0.3 is 14.6 Å². The van der Waals surface area contributed by atoms with Crippen LogP contribution in [0.1, 0.15) is 66.7 Å². The van der Waals surface area contributed by atoms with Gasteiger partial charge in [0, 0.05) is 19.8 Å². The Balaban J connectivity index is 2.39. The monoisotopic (exact) mass is 425 g/mol. The number of nitrogens with one attached hydrogen (secondary N) is 1. The molecular formula is C21H35N3O6. The first-order valence-corrected chi connectivity index (χ1v) is 10.6. The summed E-state index contributed by atoms with van der Waals surface area (Å²) in [5, 5.41) is 12.1. The Morgan fingerprint density at radius 3 is 2.43 bits per heavy atom. The molecule has 1 aliphatic heterocycles. The van der Waals surface area contributed by atoms with Gasteiger partial charge in [0.2, 0.25) is 11.9 Å². The van der Waals surface area contributed by atoms with E-state index in [1.165, 1.54) is 4.90 Å². The maximum absolute atomic E-state index is 13.3. The lowest BCUT2D eigenvalue weighted by atomic mass is 9.87. The third kappa shape index (κ3) is 5.71. The van der Waals surface area contributed by atoms with Gasteiger partial charge in [-0.1, -0.05) is 13.8 Å². The van der Waals surface area contributed by atoms with Crippen LogP contribution in [0.3, 0.4) is 0 Å². The number of hydrogen-bond acceptors (Lipinski definition) is 6. The molecule has 9 nitrogen and oxygen atoms in total. The predicted octanol–water partition coefficient (Wildman–Crippen LogP) is 2.78. The molecule has 170 valence electrons. The summed E-state index contributed by atoms with van der Waals surface area (Å²) in [7, 11) is 1.56. The van der Waals surface area contributed by atoms with Crippen LogP contribution in [0.4, 0.5) is 4.79 Å². The van der Waals surface area contributed by atoms with Crippen LogP contribution in [-0.4, -0.2) is 64.8 Å². The van der Waals surface area contributed by atoms with Crippen LogP contribution < -0.4 is 5.32 Å². The molecule has 9 heteroatoms. The maximum atomic E-state index is 13.3. The number of alkyl carbamates (subject to hydrolysis) is 1. The highest BCUT2D eigenvalue weighted by molar-refractivity contribution is 6.05. The average Bonchev–Trinajstić information content (AvgIpc) is 3.42. The summed E-state index contributed by atoms with van der Waals surface area (Å²) < 4.78 is 10.6. The fraction of sp³-hybridized carbons (Fsp3) is 0.810. The molecule has 0 bridgehead atoms. The van der Waals surface area contributed by atoms with E-state index in [0.29, 0.717) is 32.3 Å². The minimum atomic E-state index is -0.873. The van der Waals surface area contributed by atoms with Gasteiger partial charge in [0.05, 0.1) is 17.9 Å². The van der Waals surface area contributed by atoms with Crippen molar-refractivity contribution < 1.29 is 29.0 Å². The van der Waals surface area contributed by atoms with Crippen LogP contribution in [0.15, 0.2) is 4.99 Å². The zero-order valence-corrected chi connectivity index (χ0v) is 18.9. The van der Waals surface area contributed by atoms with Gasteiger partial charge in [-0.05, 0) is 52.4 Å². The molecule has 0 aromatic carbocycles. The molecular weight excluding hydrogens is 390 g/mol. The Morgan fingerprint density at radius 2 is 1.97 bits per heavy atom. The van der Waals surface area contributed by atoms with E-state index in [1.807, 2.05) is 13.8 Å². The van der Waals surface area contributed by atoms with Crippen molar-refractivity contribution >= 4 is 23.9 Å². The highest BCUT2D eigenvalue weighted by Gasteiger charge is 2.53. The Hall–Kier alpha value is -2.16. The number of aliphatic imine (C=N–C) groups is 1. The van der Waals surface area contributed by atoms with E-state index < -0.39 is 35.2 Å².